The zero-order chi connectivity index (χ0) is 19.7. The van der Waals surface area contributed by atoms with Crippen molar-refractivity contribution < 1.29 is 19.1 Å². The van der Waals surface area contributed by atoms with Gasteiger partial charge in [-0.25, -0.2) is 0 Å². The summed E-state index contributed by atoms with van der Waals surface area (Å²) < 4.78 is 10.5. The molecule has 0 fully saturated rings. The van der Waals surface area contributed by atoms with Crippen molar-refractivity contribution in [3.05, 3.63) is 70.9 Å². The van der Waals surface area contributed by atoms with Crippen LogP contribution in [0.15, 0.2) is 59.8 Å². The van der Waals surface area contributed by atoms with Gasteiger partial charge in [-0.05, 0) is 47.7 Å². The second-order valence-electron chi connectivity index (χ2n) is 7.28. The van der Waals surface area contributed by atoms with E-state index in [1.54, 1.807) is 14.2 Å². The molecule has 5 nitrogen and oxygen atoms in total. The number of ether oxygens (including phenoxy) is 2. The highest BCUT2D eigenvalue weighted by atomic mass is 16.5. The lowest BCUT2D eigenvalue weighted by Gasteiger charge is -2.34. The number of hydrogen-bond acceptors (Lipinski definition) is 4. The smallest absolute Gasteiger partial charge is 0.225 e. The molecule has 2 atom stereocenters. The van der Waals surface area contributed by atoms with Crippen LogP contribution in [0.4, 0.5) is 0 Å². The van der Waals surface area contributed by atoms with Crippen LogP contribution in [0.2, 0.25) is 0 Å². The van der Waals surface area contributed by atoms with E-state index in [0.29, 0.717) is 12.8 Å². The number of amides is 1. The van der Waals surface area contributed by atoms with E-state index < -0.39 is 0 Å². The predicted octanol–water partition coefficient (Wildman–Crippen LogP) is 3.71. The second-order valence-corrected chi connectivity index (χ2v) is 7.28. The second kappa shape index (κ2) is 7.50. The maximum absolute atomic E-state index is 13.1. The largest absolute Gasteiger partial charge is 0.497 e. The van der Waals surface area contributed by atoms with Gasteiger partial charge in [0.2, 0.25) is 5.91 Å². The lowest BCUT2D eigenvalue weighted by atomic mass is 9.73. The minimum atomic E-state index is -0.219. The lowest BCUT2D eigenvalue weighted by molar-refractivity contribution is -0.122. The average molecular weight is 377 g/mol. The zero-order valence-corrected chi connectivity index (χ0v) is 16.0. The van der Waals surface area contributed by atoms with E-state index in [2.05, 4.69) is 5.32 Å². The van der Waals surface area contributed by atoms with E-state index in [4.69, 9.17) is 9.47 Å². The van der Waals surface area contributed by atoms with E-state index in [1.807, 2.05) is 48.5 Å². The Balaban J connectivity index is 1.68. The minimum Gasteiger partial charge on any atom is -0.497 e. The molecule has 0 radical (unpaired) electrons. The number of allylic oxidation sites excluding steroid dienone is 2. The summed E-state index contributed by atoms with van der Waals surface area (Å²) in [7, 11) is 3.25. The summed E-state index contributed by atoms with van der Waals surface area (Å²) >= 11 is 0. The SMILES string of the molecule is COc1ccc([C@@H]2CC(=O)C3=C(C2)NC(=O)C[C@H]3c2cccc(OC)c2)cc1. The summed E-state index contributed by atoms with van der Waals surface area (Å²) in [4.78, 5) is 25.5. The monoisotopic (exact) mass is 377 g/mol. The summed E-state index contributed by atoms with van der Waals surface area (Å²) in [6.45, 7) is 0. The van der Waals surface area contributed by atoms with Gasteiger partial charge >= 0.3 is 0 Å². The van der Waals surface area contributed by atoms with Gasteiger partial charge in [-0.15, -0.1) is 0 Å². The molecule has 0 spiro atoms. The van der Waals surface area contributed by atoms with Gasteiger partial charge in [0, 0.05) is 30.0 Å². The molecule has 0 saturated carbocycles. The van der Waals surface area contributed by atoms with Crippen molar-refractivity contribution in [1.29, 1.82) is 0 Å². The highest BCUT2D eigenvalue weighted by Gasteiger charge is 2.38. The number of ketones is 1. The highest BCUT2D eigenvalue weighted by Crippen LogP contribution is 2.43. The molecule has 144 valence electrons. The number of methoxy groups -OCH3 is 2. The molecule has 1 heterocycles. The fraction of sp³-hybridized carbons (Fsp3) is 0.304. The van der Waals surface area contributed by atoms with Crippen molar-refractivity contribution in [3.8, 4) is 11.5 Å². The fourth-order valence-electron chi connectivity index (χ4n) is 4.21. The Kier molecular flexibility index (Phi) is 4.90. The normalized spacial score (nSPS) is 21.8. The Hall–Kier alpha value is -3.08. The van der Waals surface area contributed by atoms with E-state index in [1.165, 1.54) is 0 Å². The first-order valence-corrected chi connectivity index (χ1v) is 9.43. The molecule has 1 amide bonds. The van der Waals surface area contributed by atoms with Crippen molar-refractivity contribution >= 4 is 11.7 Å². The molecule has 0 unspecified atom stereocenters. The number of carbonyl (C=O) groups is 2. The molecular weight excluding hydrogens is 354 g/mol. The highest BCUT2D eigenvalue weighted by molar-refractivity contribution is 6.02. The predicted molar refractivity (Wildman–Crippen MR) is 105 cm³/mol. The molecule has 0 saturated heterocycles. The molecular formula is C23H23NO4. The van der Waals surface area contributed by atoms with Crippen LogP contribution in [0.3, 0.4) is 0 Å². The first-order chi connectivity index (χ1) is 13.6. The van der Waals surface area contributed by atoms with Crippen LogP contribution < -0.4 is 14.8 Å². The molecule has 2 aromatic rings. The number of hydrogen-bond donors (Lipinski definition) is 1. The number of Topliss-reactive ketones (excluding diaryl/α,β-unsaturated/α-hetero) is 1. The van der Waals surface area contributed by atoms with Crippen molar-refractivity contribution in [2.24, 2.45) is 0 Å². The van der Waals surface area contributed by atoms with E-state index in [-0.39, 0.29) is 29.9 Å². The summed E-state index contributed by atoms with van der Waals surface area (Å²) in [6.07, 6.45) is 1.38. The zero-order valence-electron chi connectivity index (χ0n) is 16.0. The number of benzene rings is 2. The summed E-state index contributed by atoms with van der Waals surface area (Å²) in [6, 6.07) is 15.4. The van der Waals surface area contributed by atoms with Crippen LogP contribution in [0, 0.1) is 0 Å². The molecule has 28 heavy (non-hydrogen) atoms. The van der Waals surface area contributed by atoms with Crippen molar-refractivity contribution in [3.63, 3.8) is 0 Å². The third-order valence-corrected chi connectivity index (χ3v) is 5.62. The van der Waals surface area contributed by atoms with Crippen molar-refractivity contribution in [2.45, 2.75) is 31.1 Å². The third-order valence-electron chi connectivity index (χ3n) is 5.62. The van der Waals surface area contributed by atoms with Crippen LogP contribution in [-0.4, -0.2) is 25.9 Å². The standard InChI is InChI=1S/C23H23NO4/c1-27-17-8-6-14(7-9-17)16-11-20-23(21(25)12-16)19(13-22(26)24-20)15-4-3-5-18(10-15)28-2/h3-10,16,19H,11-13H2,1-2H3,(H,24,26)/t16-,19-/m0/s1. The molecule has 4 rings (SSSR count). The molecule has 2 aromatic carbocycles. The van der Waals surface area contributed by atoms with E-state index in [0.717, 1.165) is 33.9 Å². The Morgan fingerprint density at radius 2 is 1.61 bits per heavy atom. The third kappa shape index (κ3) is 3.40. The first kappa shape index (κ1) is 18.3. The number of carbonyl (C=O) groups excluding carboxylic acids is 2. The molecule has 0 aromatic heterocycles. The van der Waals surface area contributed by atoms with Crippen molar-refractivity contribution in [2.75, 3.05) is 14.2 Å². The van der Waals surface area contributed by atoms with Crippen LogP contribution in [0.1, 0.15) is 42.2 Å². The topological polar surface area (TPSA) is 64.6 Å². The van der Waals surface area contributed by atoms with E-state index >= 15 is 0 Å². The summed E-state index contributed by atoms with van der Waals surface area (Å²) in [5, 5.41) is 2.96. The van der Waals surface area contributed by atoms with Gasteiger partial charge in [-0.2, -0.15) is 0 Å². The molecule has 1 N–H and O–H groups in total. The Bertz CT molecular complexity index is 945. The fourth-order valence-corrected chi connectivity index (χ4v) is 4.21. The van der Waals surface area contributed by atoms with Crippen LogP contribution in [-0.2, 0) is 9.59 Å². The quantitative estimate of drug-likeness (QED) is 0.882. The number of rotatable bonds is 4. The van der Waals surface area contributed by atoms with E-state index in [9.17, 15) is 9.59 Å². The van der Waals surface area contributed by atoms with Crippen LogP contribution in [0.25, 0.3) is 0 Å². The molecule has 2 aliphatic rings. The van der Waals surface area contributed by atoms with Crippen LogP contribution in [0.5, 0.6) is 11.5 Å². The van der Waals surface area contributed by atoms with Gasteiger partial charge in [0.15, 0.2) is 5.78 Å². The molecule has 0 bridgehead atoms. The number of nitrogens with one attached hydrogen (secondary N) is 1. The Morgan fingerprint density at radius 1 is 0.857 bits per heavy atom. The van der Waals surface area contributed by atoms with Gasteiger partial charge in [0.25, 0.3) is 0 Å². The summed E-state index contributed by atoms with van der Waals surface area (Å²) in [5.41, 5.74) is 3.54. The van der Waals surface area contributed by atoms with Gasteiger partial charge in [-0.1, -0.05) is 24.3 Å². The molecule has 5 heteroatoms. The Morgan fingerprint density at radius 3 is 2.32 bits per heavy atom. The van der Waals surface area contributed by atoms with Gasteiger partial charge in [0.05, 0.1) is 14.2 Å². The van der Waals surface area contributed by atoms with Crippen molar-refractivity contribution in [1.82, 2.24) is 5.32 Å². The maximum Gasteiger partial charge on any atom is 0.225 e. The van der Waals surface area contributed by atoms with Gasteiger partial charge in [-0.3, -0.25) is 9.59 Å². The van der Waals surface area contributed by atoms with Crippen LogP contribution >= 0.6 is 0 Å². The maximum atomic E-state index is 13.1. The average Bonchev–Trinajstić information content (AvgIpc) is 2.73. The first-order valence-electron chi connectivity index (χ1n) is 9.43. The Labute approximate surface area is 164 Å². The molecule has 1 aliphatic carbocycles. The van der Waals surface area contributed by atoms with Gasteiger partial charge < -0.3 is 14.8 Å². The molecule has 1 aliphatic heterocycles. The minimum absolute atomic E-state index is 0.0465. The van der Waals surface area contributed by atoms with Gasteiger partial charge in [0.1, 0.15) is 11.5 Å². The summed E-state index contributed by atoms with van der Waals surface area (Å²) in [5.74, 6) is 1.41. The lowest BCUT2D eigenvalue weighted by Crippen LogP contribution is -2.38.